The van der Waals surface area contributed by atoms with E-state index in [2.05, 4.69) is 24.9 Å². The molecular formula is C12H12ClNO. The molecule has 0 bridgehead atoms. The molecule has 0 spiro atoms. The topological polar surface area (TPSA) is 26.0 Å². The Bertz CT molecular complexity index is 476. The molecule has 2 nitrogen and oxygen atoms in total. The maximum Gasteiger partial charge on any atom is 0.209 e. The van der Waals surface area contributed by atoms with Crippen molar-refractivity contribution in [2.45, 2.75) is 19.7 Å². The van der Waals surface area contributed by atoms with Crippen LogP contribution in [-0.2, 0) is 5.88 Å². The fourth-order valence-corrected chi connectivity index (χ4v) is 1.64. The van der Waals surface area contributed by atoms with Gasteiger partial charge in [0.15, 0.2) is 5.76 Å². The van der Waals surface area contributed by atoms with Gasteiger partial charge in [0.05, 0.1) is 12.1 Å². The van der Waals surface area contributed by atoms with Gasteiger partial charge in [0.25, 0.3) is 0 Å². The Morgan fingerprint density at radius 2 is 2.13 bits per heavy atom. The summed E-state index contributed by atoms with van der Waals surface area (Å²) in [6.07, 6.45) is 1.72. The molecule has 1 aromatic heterocycles. The monoisotopic (exact) mass is 221 g/mol. The second kappa shape index (κ2) is 4.07. The zero-order valence-electron chi connectivity index (χ0n) is 8.75. The Morgan fingerprint density at radius 1 is 1.33 bits per heavy atom. The number of aromatic nitrogens is 1. The lowest BCUT2D eigenvalue weighted by Crippen LogP contribution is -1.84. The molecule has 0 fully saturated rings. The van der Waals surface area contributed by atoms with Crippen molar-refractivity contribution < 1.29 is 4.42 Å². The molecule has 78 valence electrons. The van der Waals surface area contributed by atoms with E-state index in [0.717, 1.165) is 11.3 Å². The van der Waals surface area contributed by atoms with E-state index in [0.29, 0.717) is 11.8 Å². The third-order valence-corrected chi connectivity index (χ3v) is 2.77. The number of hydrogen-bond acceptors (Lipinski definition) is 2. The minimum absolute atomic E-state index is 0.310. The number of nitrogens with zero attached hydrogens (tertiary/aromatic N) is 1. The standard InChI is InChI=1S/C12H12ClNO/c1-8-4-3-5-10(9(8)2)11-7-14-12(6-13)15-11/h3-5,7H,6H2,1-2H3. The van der Waals surface area contributed by atoms with Gasteiger partial charge in [0.2, 0.25) is 5.89 Å². The van der Waals surface area contributed by atoms with Crippen LogP contribution in [-0.4, -0.2) is 4.98 Å². The second-order valence-corrected chi connectivity index (χ2v) is 3.77. The average molecular weight is 222 g/mol. The van der Waals surface area contributed by atoms with Gasteiger partial charge >= 0.3 is 0 Å². The van der Waals surface area contributed by atoms with Crippen LogP contribution in [0.5, 0.6) is 0 Å². The molecule has 1 heterocycles. The number of rotatable bonds is 2. The summed E-state index contributed by atoms with van der Waals surface area (Å²) < 4.78 is 5.51. The molecule has 0 radical (unpaired) electrons. The molecule has 0 aliphatic carbocycles. The number of oxazole rings is 1. The summed E-state index contributed by atoms with van der Waals surface area (Å²) in [6.45, 7) is 4.16. The molecule has 0 unspecified atom stereocenters. The predicted molar refractivity (Wildman–Crippen MR) is 61.0 cm³/mol. The van der Waals surface area contributed by atoms with Gasteiger partial charge in [0, 0.05) is 5.56 Å². The van der Waals surface area contributed by atoms with Crippen LogP contribution in [0.2, 0.25) is 0 Å². The van der Waals surface area contributed by atoms with Crippen molar-refractivity contribution in [3.05, 3.63) is 41.4 Å². The maximum atomic E-state index is 5.64. The van der Waals surface area contributed by atoms with Gasteiger partial charge in [-0.15, -0.1) is 11.6 Å². The van der Waals surface area contributed by atoms with Crippen molar-refractivity contribution in [2.24, 2.45) is 0 Å². The SMILES string of the molecule is Cc1cccc(-c2cnc(CCl)o2)c1C. The lowest BCUT2D eigenvalue weighted by Gasteiger charge is -2.04. The lowest BCUT2D eigenvalue weighted by atomic mass is 10.0. The number of halogens is 1. The van der Waals surface area contributed by atoms with Crippen molar-refractivity contribution in [1.29, 1.82) is 0 Å². The highest BCUT2D eigenvalue weighted by Crippen LogP contribution is 2.26. The molecule has 0 aliphatic rings. The molecule has 2 rings (SSSR count). The van der Waals surface area contributed by atoms with Crippen molar-refractivity contribution in [1.82, 2.24) is 4.98 Å². The average Bonchev–Trinajstić information content (AvgIpc) is 2.70. The van der Waals surface area contributed by atoms with E-state index in [-0.39, 0.29) is 0 Å². The highest BCUT2D eigenvalue weighted by atomic mass is 35.5. The third kappa shape index (κ3) is 1.90. The smallest absolute Gasteiger partial charge is 0.209 e. The molecule has 1 aromatic carbocycles. The molecular weight excluding hydrogens is 210 g/mol. The first-order valence-electron chi connectivity index (χ1n) is 4.79. The van der Waals surface area contributed by atoms with Crippen LogP contribution in [0.15, 0.2) is 28.8 Å². The second-order valence-electron chi connectivity index (χ2n) is 3.50. The number of benzene rings is 1. The van der Waals surface area contributed by atoms with Crippen LogP contribution in [0.25, 0.3) is 11.3 Å². The van der Waals surface area contributed by atoms with E-state index in [9.17, 15) is 0 Å². The zero-order chi connectivity index (χ0) is 10.8. The Labute approximate surface area is 93.9 Å². The van der Waals surface area contributed by atoms with Gasteiger partial charge < -0.3 is 4.42 Å². The summed E-state index contributed by atoms with van der Waals surface area (Å²) in [5, 5.41) is 0. The van der Waals surface area contributed by atoms with Crippen molar-refractivity contribution >= 4 is 11.6 Å². The van der Waals surface area contributed by atoms with E-state index in [4.69, 9.17) is 16.0 Å². The highest BCUT2D eigenvalue weighted by Gasteiger charge is 2.08. The molecule has 15 heavy (non-hydrogen) atoms. The molecule has 0 amide bonds. The quantitative estimate of drug-likeness (QED) is 0.723. The van der Waals surface area contributed by atoms with Gasteiger partial charge in [0.1, 0.15) is 0 Å². The van der Waals surface area contributed by atoms with Crippen molar-refractivity contribution in [3.8, 4) is 11.3 Å². The Balaban J connectivity index is 2.49. The van der Waals surface area contributed by atoms with Crippen LogP contribution < -0.4 is 0 Å². The predicted octanol–water partition coefficient (Wildman–Crippen LogP) is 3.70. The van der Waals surface area contributed by atoms with E-state index in [1.807, 2.05) is 12.1 Å². The summed E-state index contributed by atoms with van der Waals surface area (Å²) in [6, 6.07) is 6.12. The Kier molecular flexibility index (Phi) is 2.78. The fraction of sp³-hybridized carbons (Fsp3) is 0.250. The van der Waals surface area contributed by atoms with Gasteiger partial charge in [-0.3, -0.25) is 0 Å². The molecule has 3 heteroatoms. The summed E-state index contributed by atoms with van der Waals surface area (Å²) >= 11 is 5.64. The van der Waals surface area contributed by atoms with Gasteiger partial charge in [-0.25, -0.2) is 4.98 Å². The summed E-state index contributed by atoms with van der Waals surface area (Å²) in [5.41, 5.74) is 3.55. The summed E-state index contributed by atoms with van der Waals surface area (Å²) in [4.78, 5) is 4.08. The first-order valence-corrected chi connectivity index (χ1v) is 5.33. The first kappa shape index (κ1) is 10.2. The van der Waals surface area contributed by atoms with Crippen LogP contribution in [0, 0.1) is 13.8 Å². The van der Waals surface area contributed by atoms with E-state index in [1.165, 1.54) is 11.1 Å². The van der Waals surface area contributed by atoms with Crippen LogP contribution in [0.1, 0.15) is 17.0 Å². The Hall–Kier alpha value is -1.28. The first-order chi connectivity index (χ1) is 7.22. The number of hydrogen-bond donors (Lipinski definition) is 0. The number of aryl methyl sites for hydroxylation is 1. The molecule has 0 saturated carbocycles. The minimum Gasteiger partial charge on any atom is -0.439 e. The number of alkyl halides is 1. The summed E-state index contributed by atoms with van der Waals surface area (Å²) in [5.74, 6) is 1.66. The van der Waals surface area contributed by atoms with E-state index < -0.39 is 0 Å². The van der Waals surface area contributed by atoms with Gasteiger partial charge in [-0.1, -0.05) is 18.2 Å². The van der Waals surface area contributed by atoms with E-state index in [1.54, 1.807) is 6.20 Å². The van der Waals surface area contributed by atoms with Crippen LogP contribution >= 0.6 is 11.6 Å². The molecule has 0 saturated heterocycles. The molecule has 2 aromatic rings. The third-order valence-electron chi connectivity index (χ3n) is 2.54. The highest BCUT2D eigenvalue weighted by molar-refractivity contribution is 6.16. The minimum atomic E-state index is 0.310. The zero-order valence-corrected chi connectivity index (χ0v) is 9.51. The maximum absolute atomic E-state index is 5.64. The van der Waals surface area contributed by atoms with Crippen LogP contribution in [0.3, 0.4) is 0 Å². The normalized spacial score (nSPS) is 10.6. The lowest BCUT2D eigenvalue weighted by molar-refractivity contribution is 0.528. The van der Waals surface area contributed by atoms with Crippen molar-refractivity contribution in [2.75, 3.05) is 0 Å². The molecule has 0 N–H and O–H groups in total. The fourth-order valence-electron chi connectivity index (χ4n) is 1.51. The van der Waals surface area contributed by atoms with Gasteiger partial charge in [-0.2, -0.15) is 0 Å². The Morgan fingerprint density at radius 3 is 2.80 bits per heavy atom. The summed E-state index contributed by atoms with van der Waals surface area (Å²) in [7, 11) is 0. The largest absolute Gasteiger partial charge is 0.439 e. The molecule has 0 atom stereocenters. The van der Waals surface area contributed by atoms with E-state index >= 15 is 0 Å². The van der Waals surface area contributed by atoms with Crippen molar-refractivity contribution in [3.63, 3.8) is 0 Å². The van der Waals surface area contributed by atoms with Crippen LogP contribution in [0.4, 0.5) is 0 Å². The van der Waals surface area contributed by atoms with Gasteiger partial charge in [-0.05, 0) is 25.0 Å². The molecule has 0 aliphatic heterocycles.